The Kier molecular flexibility index (Phi) is 6.99. The molecule has 4 aliphatic rings. The molecular formula is C28H38F2N4O2S. The number of H-pyrrole nitrogens is 1. The zero-order valence-electron chi connectivity index (χ0n) is 22.0. The van der Waals surface area contributed by atoms with Crippen molar-refractivity contribution >= 4 is 11.0 Å². The number of aromatic nitrogens is 2. The lowest BCUT2D eigenvalue weighted by Crippen LogP contribution is -2.62. The molecule has 1 saturated heterocycles. The highest BCUT2D eigenvalue weighted by molar-refractivity contribution is 7.87. The van der Waals surface area contributed by atoms with Crippen molar-refractivity contribution in [2.75, 3.05) is 0 Å². The lowest BCUT2D eigenvalue weighted by atomic mass is 9.69. The van der Waals surface area contributed by atoms with Gasteiger partial charge >= 0.3 is 0 Å². The minimum atomic E-state index is -2.94. The van der Waals surface area contributed by atoms with Gasteiger partial charge in [-0.25, -0.2) is 17.3 Å². The molecule has 37 heavy (non-hydrogen) atoms. The maximum atomic E-state index is 14.0. The van der Waals surface area contributed by atoms with E-state index in [0.29, 0.717) is 16.7 Å². The molecule has 1 aromatic heterocycles. The summed E-state index contributed by atoms with van der Waals surface area (Å²) in [7, 11) is -1.56. The van der Waals surface area contributed by atoms with Crippen molar-refractivity contribution in [2.45, 2.75) is 96.1 Å². The van der Waals surface area contributed by atoms with Gasteiger partial charge in [0.15, 0.2) is 0 Å². The van der Waals surface area contributed by atoms with Crippen molar-refractivity contribution in [2.24, 2.45) is 23.0 Å². The molecule has 5 rings (SSSR count). The number of hydrogen-bond donors (Lipinski definition) is 2. The van der Waals surface area contributed by atoms with Crippen molar-refractivity contribution in [3.63, 3.8) is 0 Å². The number of halogens is 2. The molecular weight excluding hydrogens is 494 g/mol. The minimum Gasteiger partial charge on any atom is -0.373 e. The SMILES string of the molecule is C=C=CC(=CC=C(C)C(C)(F)F)S(=O)N1C2CC(CC(CC)OC3C(C)C3N)CC23Cc2[nH]ncc2C13. The van der Waals surface area contributed by atoms with Crippen LogP contribution in [0.2, 0.25) is 0 Å². The highest BCUT2D eigenvalue weighted by Gasteiger charge is 2.70. The largest absolute Gasteiger partial charge is 0.373 e. The Morgan fingerprint density at radius 1 is 1.51 bits per heavy atom. The van der Waals surface area contributed by atoms with E-state index in [-0.39, 0.29) is 41.3 Å². The molecule has 9 unspecified atom stereocenters. The molecule has 2 heterocycles. The van der Waals surface area contributed by atoms with Crippen LogP contribution in [-0.2, 0) is 22.1 Å². The van der Waals surface area contributed by atoms with Gasteiger partial charge in [-0.3, -0.25) is 5.10 Å². The van der Waals surface area contributed by atoms with E-state index in [1.54, 1.807) is 0 Å². The zero-order valence-corrected chi connectivity index (χ0v) is 22.9. The fraction of sp³-hybridized carbons (Fsp3) is 0.643. The fourth-order valence-corrected chi connectivity index (χ4v) is 8.43. The fourth-order valence-electron chi connectivity index (χ4n) is 6.78. The van der Waals surface area contributed by atoms with E-state index in [1.807, 2.05) is 6.20 Å². The summed E-state index contributed by atoms with van der Waals surface area (Å²) in [5.74, 6) is -2.08. The van der Waals surface area contributed by atoms with Crippen LogP contribution < -0.4 is 5.73 Å². The maximum Gasteiger partial charge on any atom is 0.266 e. The number of rotatable bonds is 10. The van der Waals surface area contributed by atoms with Gasteiger partial charge in [0, 0.05) is 41.6 Å². The first-order valence-electron chi connectivity index (χ1n) is 13.3. The second-order valence-electron chi connectivity index (χ2n) is 11.5. The van der Waals surface area contributed by atoms with Crippen LogP contribution in [0.4, 0.5) is 8.78 Å². The first-order valence-corrected chi connectivity index (χ1v) is 14.4. The smallest absolute Gasteiger partial charge is 0.266 e. The van der Waals surface area contributed by atoms with Crippen LogP contribution in [-0.4, -0.2) is 48.9 Å². The molecule has 202 valence electrons. The molecule has 1 aliphatic heterocycles. The Labute approximate surface area is 220 Å². The molecule has 0 amide bonds. The summed E-state index contributed by atoms with van der Waals surface area (Å²) in [5, 5.41) is 7.40. The van der Waals surface area contributed by atoms with Crippen LogP contribution >= 0.6 is 0 Å². The Morgan fingerprint density at radius 3 is 2.86 bits per heavy atom. The summed E-state index contributed by atoms with van der Waals surface area (Å²) in [4.78, 5) is 0.416. The number of nitrogens with zero attached hydrogens (tertiary/aromatic N) is 2. The van der Waals surface area contributed by atoms with Crippen molar-refractivity contribution in [3.05, 3.63) is 58.5 Å². The monoisotopic (exact) mass is 532 g/mol. The summed E-state index contributed by atoms with van der Waals surface area (Å²) < 4.78 is 49.9. The van der Waals surface area contributed by atoms with Crippen LogP contribution in [0.1, 0.15) is 70.7 Å². The highest BCUT2D eigenvalue weighted by atomic mass is 32.2. The van der Waals surface area contributed by atoms with Crippen LogP contribution in [0.25, 0.3) is 0 Å². The quantitative estimate of drug-likeness (QED) is 0.324. The Morgan fingerprint density at radius 2 is 2.24 bits per heavy atom. The molecule has 9 atom stereocenters. The Balaban J connectivity index is 1.39. The topological polar surface area (TPSA) is 84.2 Å². The third kappa shape index (κ3) is 4.53. The lowest BCUT2D eigenvalue weighted by Gasteiger charge is -2.57. The third-order valence-corrected chi connectivity index (χ3v) is 10.6. The molecule has 0 aromatic carbocycles. The van der Waals surface area contributed by atoms with E-state index in [2.05, 4.69) is 40.7 Å². The summed E-state index contributed by atoms with van der Waals surface area (Å²) in [6.07, 6.45) is 11.3. The maximum absolute atomic E-state index is 14.0. The second kappa shape index (κ2) is 9.69. The van der Waals surface area contributed by atoms with Crippen molar-refractivity contribution in [1.29, 1.82) is 0 Å². The number of fused-ring (bicyclic) bond motifs is 2. The van der Waals surface area contributed by atoms with Crippen LogP contribution in [0.15, 0.2) is 47.2 Å². The summed E-state index contributed by atoms with van der Waals surface area (Å²) in [5.41, 5.74) is 10.9. The molecule has 2 saturated carbocycles. The van der Waals surface area contributed by atoms with Crippen LogP contribution in [0, 0.1) is 17.3 Å². The van der Waals surface area contributed by atoms with Crippen molar-refractivity contribution < 1.29 is 17.7 Å². The first kappa shape index (κ1) is 26.7. The molecule has 0 bridgehead atoms. The molecule has 6 nitrogen and oxygen atoms in total. The van der Waals surface area contributed by atoms with Crippen molar-refractivity contribution in [1.82, 2.24) is 14.5 Å². The van der Waals surface area contributed by atoms with Gasteiger partial charge in [-0.1, -0.05) is 26.5 Å². The van der Waals surface area contributed by atoms with E-state index < -0.39 is 16.9 Å². The van der Waals surface area contributed by atoms with Gasteiger partial charge in [-0.05, 0) is 62.7 Å². The predicted molar refractivity (Wildman–Crippen MR) is 141 cm³/mol. The van der Waals surface area contributed by atoms with E-state index in [4.69, 9.17) is 10.5 Å². The third-order valence-electron chi connectivity index (χ3n) is 9.14. The number of nitrogens with one attached hydrogen (secondary N) is 1. The first-order chi connectivity index (χ1) is 17.5. The molecule has 1 aromatic rings. The van der Waals surface area contributed by atoms with E-state index >= 15 is 0 Å². The van der Waals surface area contributed by atoms with Gasteiger partial charge in [0.2, 0.25) is 0 Å². The van der Waals surface area contributed by atoms with E-state index in [9.17, 15) is 13.0 Å². The van der Waals surface area contributed by atoms with E-state index in [1.165, 1.54) is 25.2 Å². The van der Waals surface area contributed by atoms with Gasteiger partial charge in [0.05, 0.1) is 29.4 Å². The van der Waals surface area contributed by atoms with Gasteiger partial charge in [-0.2, -0.15) is 5.10 Å². The standard InChI is InChI=1S/C28H38F2N4O2S/c1-6-8-20(10-9-16(3)27(5,29)30)37(35)34-23-12-18(11-19(7-2)36-25-17(4)24(25)31)13-28(23)14-22-21(26(28)34)15-32-33-22/h8-10,15,17-19,23-26H,1,7,11-14,31H2,2-5H3,(H,32,33). The minimum absolute atomic E-state index is 0.0111. The zero-order chi connectivity index (χ0) is 26.7. The molecule has 0 radical (unpaired) electrons. The van der Waals surface area contributed by atoms with Gasteiger partial charge < -0.3 is 10.5 Å². The normalized spacial score (nSPS) is 36.7. The average Bonchev–Trinajstić information content (AvgIpc) is 3.19. The molecule has 1 spiro atoms. The van der Waals surface area contributed by atoms with E-state index in [0.717, 1.165) is 50.3 Å². The average molecular weight is 533 g/mol. The van der Waals surface area contributed by atoms with Gasteiger partial charge in [0.1, 0.15) is 11.0 Å². The number of nitrogens with two attached hydrogens (primary N) is 1. The Hall–Kier alpha value is -1.90. The molecule has 3 fully saturated rings. The van der Waals surface area contributed by atoms with Gasteiger partial charge in [0.25, 0.3) is 5.92 Å². The summed E-state index contributed by atoms with van der Waals surface area (Å²) >= 11 is 0. The number of allylic oxidation sites excluding steroid dienone is 4. The molecule has 3 aliphatic carbocycles. The number of aromatic amines is 1. The second-order valence-corrected chi connectivity index (χ2v) is 12.9. The number of hydrogen-bond acceptors (Lipinski definition) is 4. The van der Waals surface area contributed by atoms with Crippen LogP contribution in [0.3, 0.4) is 0 Å². The van der Waals surface area contributed by atoms with Gasteiger partial charge in [-0.15, -0.1) is 5.73 Å². The number of ether oxygens (including phenoxy) is 1. The van der Waals surface area contributed by atoms with Crippen molar-refractivity contribution in [3.8, 4) is 0 Å². The lowest BCUT2D eigenvalue weighted by molar-refractivity contribution is -0.0431. The summed E-state index contributed by atoms with van der Waals surface area (Å²) in [6.45, 7) is 10.2. The van der Waals surface area contributed by atoms with Crippen LogP contribution in [0.5, 0.6) is 0 Å². The number of alkyl halides is 2. The molecule has 3 N–H and O–H groups in total. The molecule has 9 heteroatoms. The summed E-state index contributed by atoms with van der Waals surface area (Å²) in [6, 6.07) is 0.243. The predicted octanol–water partition coefficient (Wildman–Crippen LogP) is 5.11. The highest BCUT2D eigenvalue weighted by Crippen LogP contribution is 2.69. The Bertz CT molecular complexity index is 1180.